The largest absolute Gasteiger partial charge is 0.481 e. The fraction of sp³-hybridized carbons (Fsp3) is 0.923. The Morgan fingerprint density at radius 1 is 1.31 bits per heavy atom. The molecule has 1 fully saturated rings. The molecule has 0 aromatic rings. The standard InChI is InChI=1S/C13H25NO2/c1-13(2,3)11-6-9-14(10-7-11)8-4-5-12(15)16/h11H,4-10H2,1-3H3,(H,15,16). The molecule has 94 valence electrons. The Balaban J connectivity index is 2.19. The van der Waals surface area contributed by atoms with Gasteiger partial charge in [-0.05, 0) is 50.2 Å². The first-order chi connectivity index (χ1) is 7.39. The third-order valence-electron chi connectivity index (χ3n) is 3.68. The second-order valence-corrected chi connectivity index (χ2v) is 5.98. The van der Waals surface area contributed by atoms with Crippen molar-refractivity contribution in [2.24, 2.45) is 11.3 Å². The molecule has 16 heavy (non-hydrogen) atoms. The van der Waals surface area contributed by atoms with E-state index in [1.165, 1.54) is 12.8 Å². The number of carboxylic acids is 1. The van der Waals surface area contributed by atoms with Crippen LogP contribution in [0.25, 0.3) is 0 Å². The smallest absolute Gasteiger partial charge is 0.303 e. The molecule has 1 aliphatic rings. The van der Waals surface area contributed by atoms with Crippen molar-refractivity contribution < 1.29 is 9.90 Å². The van der Waals surface area contributed by atoms with Crippen LogP contribution in [0.3, 0.4) is 0 Å². The molecule has 0 spiro atoms. The zero-order valence-corrected chi connectivity index (χ0v) is 10.8. The van der Waals surface area contributed by atoms with Crippen LogP contribution in [0.4, 0.5) is 0 Å². The van der Waals surface area contributed by atoms with Crippen LogP contribution in [0.15, 0.2) is 0 Å². The molecular formula is C13H25NO2. The summed E-state index contributed by atoms with van der Waals surface area (Å²) in [6.45, 7) is 10.2. The molecule has 3 nitrogen and oxygen atoms in total. The van der Waals surface area contributed by atoms with Gasteiger partial charge in [-0.15, -0.1) is 0 Å². The van der Waals surface area contributed by atoms with E-state index in [1.807, 2.05) is 0 Å². The van der Waals surface area contributed by atoms with Gasteiger partial charge in [0.15, 0.2) is 0 Å². The lowest BCUT2D eigenvalue weighted by Crippen LogP contribution is -2.38. The molecule has 0 aromatic carbocycles. The molecule has 0 atom stereocenters. The summed E-state index contributed by atoms with van der Waals surface area (Å²) >= 11 is 0. The molecule has 1 heterocycles. The molecule has 1 N–H and O–H groups in total. The van der Waals surface area contributed by atoms with Crippen LogP contribution in [-0.2, 0) is 4.79 Å². The number of aliphatic carboxylic acids is 1. The average Bonchev–Trinajstić information content (AvgIpc) is 2.16. The normalized spacial score (nSPS) is 19.9. The summed E-state index contributed by atoms with van der Waals surface area (Å²) in [5.74, 6) is 0.146. The monoisotopic (exact) mass is 227 g/mol. The third-order valence-corrected chi connectivity index (χ3v) is 3.68. The van der Waals surface area contributed by atoms with E-state index in [1.54, 1.807) is 0 Å². The summed E-state index contributed by atoms with van der Waals surface area (Å²) < 4.78 is 0. The molecule has 1 aliphatic heterocycles. The molecule has 0 amide bonds. The van der Waals surface area contributed by atoms with Crippen molar-refractivity contribution in [2.75, 3.05) is 19.6 Å². The van der Waals surface area contributed by atoms with Crippen molar-refractivity contribution in [3.8, 4) is 0 Å². The van der Waals surface area contributed by atoms with Gasteiger partial charge in [-0.1, -0.05) is 20.8 Å². The minimum absolute atomic E-state index is 0.305. The van der Waals surface area contributed by atoms with E-state index < -0.39 is 5.97 Å². The number of hydrogen-bond acceptors (Lipinski definition) is 2. The molecule has 0 saturated carbocycles. The first-order valence-electron chi connectivity index (χ1n) is 6.34. The number of piperidine rings is 1. The third kappa shape index (κ3) is 4.52. The molecule has 0 aliphatic carbocycles. The number of hydrogen-bond donors (Lipinski definition) is 1. The topological polar surface area (TPSA) is 40.5 Å². The fourth-order valence-electron chi connectivity index (χ4n) is 2.48. The van der Waals surface area contributed by atoms with Crippen molar-refractivity contribution in [3.63, 3.8) is 0 Å². The second kappa shape index (κ2) is 5.67. The van der Waals surface area contributed by atoms with Crippen molar-refractivity contribution in [3.05, 3.63) is 0 Å². The first kappa shape index (κ1) is 13.5. The Labute approximate surface area is 98.8 Å². The Hall–Kier alpha value is -0.570. The Kier molecular flexibility index (Phi) is 4.78. The van der Waals surface area contributed by atoms with E-state index in [0.717, 1.165) is 32.0 Å². The van der Waals surface area contributed by atoms with Gasteiger partial charge in [0.2, 0.25) is 0 Å². The van der Waals surface area contributed by atoms with Gasteiger partial charge in [0.25, 0.3) is 0 Å². The van der Waals surface area contributed by atoms with Crippen molar-refractivity contribution in [1.82, 2.24) is 4.90 Å². The summed E-state index contributed by atoms with van der Waals surface area (Å²) in [6, 6.07) is 0. The molecule has 0 unspecified atom stereocenters. The van der Waals surface area contributed by atoms with Gasteiger partial charge in [-0.2, -0.15) is 0 Å². The maximum Gasteiger partial charge on any atom is 0.303 e. The molecule has 0 aromatic heterocycles. The Bertz CT molecular complexity index is 225. The summed E-state index contributed by atoms with van der Waals surface area (Å²) in [6.07, 6.45) is 3.61. The van der Waals surface area contributed by atoms with Crippen LogP contribution in [0.2, 0.25) is 0 Å². The molecule has 0 bridgehead atoms. The van der Waals surface area contributed by atoms with E-state index in [0.29, 0.717) is 11.8 Å². The predicted octanol–water partition coefficient (Wildman–Crippen LogP) is 2.61. The van der Waals surface area contributed by atoms with Crippen molar-refractivity contribution >= 4 is 5.97 Å². The molecular weight excluding hydrogens is 202 g/mol. The van der Waals surface area contributed by atoms with Crippen LogP contribution >= 0.6 is 0 Å². The second-order valence-electron chi connectivity index (χ2n) is 5.98. The summed E-state index contributed by atoms with van der Waals surface area (Å²) in [7, 11) is 0. The highest BCUT2D eigenvalue weighted by Crippen LogP contribution is 2.34. The lowest BCUT2D eigenvalue weighted by molar-refractivity contribution is -0.137. The maximum atomic E-state index is 10.4. The van der Waals surface area contributed by atoms with Gasteiger partial charge in [0, 0.05) is 6.42 Å². The van der Waals surface area contributed by atoms with E-state index in [4.69, 9.17) is 5.11 Å². The minimum atomic E-state index is -0.676. The number of carbonyl (C=O) groups is 1. The lowest BCUT2D eigenvalue weighted by atomic mass is 9.75. The van der Waals surface area contributed by atoms with Crippen molar-refractivity contribution in [2.45, 2.75) is 46.5 Å². The number of rotatable bonds is 4. The van der Waals surface area contributed by atoms with E-state index >= 15 is 0 Å². The highest BCUT2D eigenvalue weighted by molar-refractivity contribution is 5.66. The summed E-state index contributed by atoms with van der Waals surface area (Å²) in [5.41, 5.74) is 0.424. The quantitative estimate of drug-likeness (QED) is 0.802. The SMILES string of the molecule is CC(C)(C)C1CCN(CCCC(=O)O)CC1. The van der Waals surface area contributed by atoms with Gasteiger partial charge in [0.1, 0.15) is 0 Å². The van der Waals surface area contributed by atoms with E-state index in [-0.39, 0.29) is 0 Å². The van der Waals surface area contributed by atoms with Crippen LogP contribution in [-0.4, -0.2) is 35.6 Å². The van der Waals surface area contributed by atoms with Crippen molar-refractivity contribution in [1.29, 1.82) is 0 Å². The summed E-state index contributed by atoms with van der Waals surface area (Å²) in [4.78, 5) is 12.8. The molecule has 0 radical (unpaired) electrons. The molecule has 3 heteroatoms. The highest BCUT2D eigenvalue weighted by Gasteiger charge is 2.28. The maximum absolute atomic E-state index is 10.4. The zero-order valence-electron chi connectivity index (χ0n) is 10.8. The predicted molar refractivity (Wildman–Crippen MR) is 65.5 cm³/mol. The zero-order chi connectivity index (χ0) is 12.2. The van der Waals surface area contributed by atoms with Crippen LogP contribution < -0.4 is 0 Å². The fourth-order valence-corrected chi connectivity index (χ4v) is 2.48. The first-order valence-corrected chi connectivity index (χ1v) is 6.34. The van der Waals surface area contributed by atoms with E-state index in [2.05, 4.69) is 25.7 Å². The Morgan fingerprint density at radius 2 is 1.88 bits per heavy atom. The molecule has 1 rings (SSSR count). The number of carboxylic acid groups (broad SMARTS) is 1. The van der Waals surface area contributed by atoms with Gasteiger partial charge in [-0.25, -0.2) is 0 Å². The van der Waals surface area contributed by atoms with Crippen LogP contribution in [0.1, 0.15) is 46.5 Å². The van der Waals surface area contributed by atoms with Gasteiger partial charge >= 0.3 is 5.97 Å². The molecule has 1 saturated heterocycles. The number of likely N-dealkylation sites (tertiary alicyclic amines) is 1. The minimum Gasteiger partial charge on any atom is -0.481 e. The number of nitrogens with zero attached hydrogens (tertiary/aromatic N) is 1. The van der Waals surface area contributed by atoms with Crippen LogP contribution in [0.5, 0.6) is 0 Å². The average molecular weight is 227 g/mol. The summed E-state index contributed by atoms with van der Waals surface area (Å²) in [5, 5.41) is 8.57. The van der Waals surface area contributed by atoms with Gasteiger partial charge in [-0.3, -0.25) is 4.79 Å². The highest BCUT2D eigenvalue weighted by atomic mass is 16.4. The lowest BCUT2D eigenvalue weighted by Gasteiger charge is -2.38. The van der Waals surface area contributed by atoms with E-state index in [9.17, 15) is 4.79 Å². The van der Waals surface area contributed by atoms with Gasteiger partial charge in [0.05, 0.1) is 0 Å². The van der Waals surface area contributed by atoms with Crippen LogP contribution in [0, 0.1) is 11.3 Å². The Morgan fingerprint density at radius 3 is 2.31 bits per heavy atom. The van der Waals surface area contributed by atoms with Gasteiger partial charge < -0.3 is 10.0 Å².